The molecule has 2 heterocycles. The smallest absolute Gasteiger partial charge is 0.260 e. The average molecular weight is 484 g/mol. The lowest BCUT2D eigenvalue weighted by molar-refractivity contribution is -0.121. The van der Waals surface area contributed by atoms with Gasteiger partial charge in [-0.1, -0.05) is 48.9 Å². The molecule has 7 heteroatoms. The van der Waals surface area contributed by atoms with Gasteiger partial charge in [0.15, 0.2) is 0 Å². The molecule has 0 saturated carbocycles. The minimum Gasteiger partial charge on any atom is -0.508 e. The maximum absolute atomic E-state index is 13.4. The number of carbonyl (C=O) groups excluding carboxylic acids is 3. The molecule has 36 heavy (non-hydrogen) atoms. The Morgan fingerprint density at radius 3 is 2.36 bits per heavy atom. The molecule has 2 aliphatic rings. The molecule has 1 atom stereocenters. The summed E-state index contributed by atoms with van der Waals surface area (Å²) < 4.78 is 0. The number of hydrogen-bond donors (Lipinski definition) is 2. The zero-order chi connectivity index (χ0) is 25.1. The van der Waals surface area contributed by atoms with Gasteiger partial charge in [-0.3, -0.25) is 19.3 Å². The minimum absolute atomic E-state index is 0.0123. The van der Waals surface area contributed by atoms with E-state index in [0.717, 1.165) is 30.4 Å². The number of benzene rings is 3. The van der Waals surface area contributed by atoms with E-state index in [-0.39, 0.29) is 23.5 Å². The number of para-hydroxylation sites is 1. The Morgan fingerprint density at radius 2 is 1.56 bits per heavy atom. The molecule has 7 nitrogen and oxygen atoms in total. The van der Waals surface area contributed by atoms with Crippen molar-refractivity contribution in [3.63, 3.8) is 0 Å². The van der Waals surface area contributed by atoms with Crippen molar-refractivity contribution in [3.8, 4) is 5.75 Å². The van der Waals surface area contributed by atoms with Gasteiger partial charge in [-0.15, -0.1) is 0 Å². The summed E-state index contributed by atoms with van der Waals surface area (Å²) >= 11 is 0. The summed E-state index contributed by atoms with van der Waals surface area (Å²) in [6, 6.07) is 21.8. The number of unbranched alkanes of at least 4 members (excludes halogenated alkanes) is 2. The van der Waals surface area contributed by atoms with Crippen molar-refractivity contribution >= 4 is 23.4 Å². The lowest BCUT2D eigenvalue weighted by Crippen LogP contribution is -2.48. The molecule has 0 aromatic heterocycles. The number of phenolic OH excluding ortho intramolecular Hbond substituents is 1. The van der Waals surface area contributed by atoms with Gasteiger partial charge < -0.3 is 15.3 Å². The molecule has 0 spiro atoms. The Balaban J connectivity index is 1.15. The molecule has 184 valence electrons. The highest BCUT2D eigenvalue weighted by molar-refractivity contribution is 6.16. The van der Waals surface area contributed by atoms with Crippen molar-refractivity contribution in [1.82, 2.24) is 10.2 Å². The number of nitrogens with zero attached hydrogens (tertiary/aromatic N) is 2. The lowest BCUT2D eigenvalue weighted by Gasteiger charge is -2.41. The van der Waals surface area contributed by atoms with Crippen LogP contribution in [0, 0.1) is 0 Å². The minimum atomic E-state index is -0.431. The van der Waals surface area contributed by atoms with E-state index in [1.54, 1.807) is 28.0 Å². The molecular formula is C29H29N3O4. The number of hydrogen-bond acceptors (Lipinski definition) is 4. The molecular weight excluding hydrogens is 454 g/mol. The molecule has 3 aromatic carbocycles. The maximum atomic E-state index is 13.4. The SMILES string of the molecule is O=C(CCCCCN1C(=O)c2ccccc2N2C(=O)c3ccccc3[C@@H]12)NCCc1ccc(O)cc1. The average Bonchev–Trinajstić information content (AvgIpc) is 3.19. The number of carbonyl (C=O) groups is 3. The van der Waals surface area contributed by atoms with E-state index in [2.05, 4.69) is 5.32 Å². The van der Waals surface area contributed by atoms with Crippen LogP contribution in [0.1, 0.15) is 63.7 Å². The first-order valence-electron chi connectivity index (χ1n) is 12.4. The molecule has 5 rings (SSSR count). The third-order valence-electron chi connectivity index (χ3n) is 6.86. The number of nitrogens with one attached hydrogen (secondary N) is 1. The fourth-order valence-corrected chi connectivity index (χ4v) is 5.04. The van der Waals surface area contributed by atoms with Crippen LogP contribution in [-0.2, 0) is 11.2 Å². The quantitative estimate of drug-likeness (QED) is 0.441. The standard InChI is InChI=1S/C29H29N3O4/c33-21-15-13-20(14-16-21)17-18-30-26(34)12-2-1-7-19-31-27-22-8-3-4-9-23(22)29(36)32(27)25-11-6-5-10-24(25)28(31)35/h3-6,8-11,13-16,27,33H,1-2,7,12,17-19H2,(H,30,34)/t27-/m0/s1. The second-order valence-corrected chi connectivity index (χ2v) is 9.23. The Labute approximate surface area is 210 Å². The van der Waals surface area contributed by atoms with Gasteiger partial charge in [-0.2, -0.15) is 0 Å². The summed E-state index contributed by atoms with van der Waals surface area (Å²) in [6.07, 6.45) is 2.99. The molecule has 0 unspecified atom stereocenters. The summed E-state index contributed by atoms with van der Waals surface area (Å²) in [7, 11) is 0. The van der Waals surface area contributed by atoms with Gasteiger partial charge in [0, 0.05) is 30.6 Å². The van der Waals surface area contributed by atoms with Crippen molar-refractivity contribution < 1.29 is 19.5 Å². The van der Waals surface area contributed by atoms with Gasteiger partial charge in [0.2, 0.25) is 5.91 Å². The predicted molar refractivity (Wildman–Crippen MR) is 137 cm³/mol. The Bertz CT molecular complexity index is 1290. The molecule has 2 aliphatic heterocycles. The summed E-state index contributed by atoms with van der Waals surface area (Å²) in [4.78, 5) is 42.4. The van der Waals surface area contributed by atoms with E-state index in [4.69, 9.17) is 0 Å². The number of aromatic hydroxyl groups is 1. The molecule has 0 bridgehead atoms. The number of amides is 3. The van der Waals surface area contributed by atoms with E-state index in [1.165, 1.54) is 0 Å². The summed E-state index contributed by atoms with van der Waals surface area (Å²) in [5, 5.41) is 12.3. The lowest BCUT2D eigenvalue weighted by atomic mass is 10.0. The second-order valence-electron chi connectivity index (χ2n) is 9.23. The third-order valence-corrected chi connectivity index (χ3v) is 6.86. The van der Waals surface area contributed by atoms with Crippen LogP contribution in [0.5, 0.6) is 5.75 Å². The van der Waals surface area contributed by atoms with Gasteiger partial charge >= 0.3 is 0 Å². The zero-order valence-corrected chi connectivity index (χ0v) is 20.0. The predicted octanol–water partition coefficient (Wildman–Crippen LogP) is 4.43. The van der Waals surface area contributed by atoms with Crippen LogP contribution in [0.2, 0.25) is 0 Å². The third kappa shape index (κ3) is 4.56. The van der Waals surface area contributed by atoms with Crippen molar-refractivity contribution in [2.75, 3.05) is 18.0 Å². The highest BCUT2D eigenvalue weighted by atomic mass is 16.3. The van der Waals surface area contributed by atoms with E-state index in [0.29, 0.717) is 42.7 Å². The first-order valence-corrected chi connectivity index (χ1v) is 12.4. The van der Waals surface area contributed by atoms with Crippen LogP contribution < -0.4 is 10.2 Å². The van der Waals surface area contributed by atoms with E-state index in [9.17, 15) is 19.5 Å². The molecule has 3 aromatic rings. The second kappa shape index (κ2) is 10.2. The molecule has 0 aliphatic carbocycles. The highest BCUT2D eigenvalue weighted by Gasteiger charge is 2.47. The summed E-state index contributed by atoms with van der Waals surface area (Å²) in [5.41, 5.74) is 3.76. The zero-order valence-electron chi connectivity index (χ0n) is 20.0. The van der Waals surface area contributed by atoms with Crippen LogP contribution in [-0.4, -0.2) is 40.8 Å². The van der Waals surface area contributed by atoms with Crippen molar-refractivity contribution in [1.29, 1.82) is 0 Å². The number of fused-ring (bicyclic) bond motifs is 5. The van der Waals surface area contributed by atoms with Crippen LogP contribution in [0.3, 0.4) is 0 Å². The molecule has 3 amide bonds. The van der Waals surface area contributed by atoms with Crippen LogP contribution in [0.25, 0.3) is 0 Å². The number of phenols is 1. The van der Waals surface area contributed by atoms with Gasteiger partial charge in [0.05, 0.1) is 11.3 Å². The van der Waals surface area contributed by atoms with Crippen molar-refractivity contribution in [3.05, 3.63) is 95.1 Å². The fourth-order valence-electron chi connectivity index (χ4n) is 5.04. The van der Waals surface area contributed by atoms with E-state index in [1.807, 2.05) is 54.6 Å². The van der Waals surface area contributed by atoms with Crippen molar-refractivity contribution in [2.24, 2.45) is 0 Å². The Morgan fingerprint density at radius 1 is 0.833 bits per heavy atom. The van der Waals surface area contributed by atoms with E-state index >= 15 is 0 Å². The monoisotopic (exact) mass is 483 g/mol. The Kier molecular flexibility index (Phi) is 6.71. The van der Waals surface area contributed by atoms with E-state index < -0.39 is 6.17 Å². The van der Waals surface area contributed by atoms with Gasteiger partial charge in [-0.05, 0) is 55.2 Å². The Hall–Kier alpha value is -4.13. The van der Waals surface area contributed by atoms with Crippen LogP contribution in [0.4, 0.5) is 5.69 Å². The topological polar surface area (TPSA) is 90.0 Å². The summed E-state index contributed by atoms with van der Waals surface area (Å²) in [5.74, 6) is 0.0980. The van der Waals surface area contributed by atoms with Crippen molar-refractivity contribution in [2.45, 2.75) is 38.3 Å². The largest absolute Gasteiger partial charge is 0.508 e. The van der Waals surface area contributed by atoms with Gasteiger partial charge in [-0.25, -0.2) is 0 Å². The normalized spacial score (nSPS) is 15.9. The molecule has 2 N–H and O–H groups in total. The van der Waals surface area contributed by atoms with Gasteiger partial charge in [0.25, 0.3) is 11.8 Å². The summed E-state index contributed by atoms with van der Waals surface area (Å²) in [6.45, 7) is 1.06. The highest BCUT2D eigenvalue weighted by Crippen LogP contribution is 2.45. The first-order chi connectivity index (χ1) is 17.5. The molecule has 0 saturated heterocycles. The van der Waals surface area contributed by atoms with Crippen LogP contribution in [0.15, 0.2) is 72.8 Å². The molecule has 0 fully saturated rings. The number of rotatable bonds is 9. The number of anilines is 1. The first kappa shape index (κ1) is 23.6. The van der Waals surface area contributed by atoms with Crippen LogP contribution >= 0.6 is 0 Å². The molecule has 0 radical (unpaired) electrons. The maximum Gasteiger partial charge on any atom is 0.260 e. The van der Waals surface area contributed by atoms with Gasteiger partial charge in [0.1, 0.15) is 11.9 Å². The fraction of sp³-hybridized carbons (Fsp3) is 0.276.